The summed E-state index contributed by atoms with van der Waals surface area (Å²) in [5.41, 5.74) is 2.56. The number of nitrogens with zero attached hydrogens (tertiary/aromatic N) is 4. The quantitative estimate of drug-likeness (QED) is 0.562. The molecule has 4 nitrogen and oxygen atoms in total. The zero-order chi connectivity index (χ0) is 18.4. The molecule has 5 rings (SSSR count). The molecule has 0 aromatic carbocycles. The fourth-order valence-corrected chi connectivity index (χ4v) is 6.58. The molecule has 5 heteroatoms. The van der Waals surface area contributed by atoms with E-state index in [0.717, 1.165) is 28.1 Å². The lowest BCUT2D eigenvalue weighted by Gasteiger charge is -2.27. The lowest BCUT2D eigenvalue weighted by Crippen LogP contribution is -2.15. The first kappa shape index (κ1) is 17.6. The molecule has 0 aliphatic heterocycles. The third-order valence-corrected chi connectivity index (χ3v) is 8.07. The van der Waals surface area contributed by atoms with Gasteiger partial charge in [-0.05, 0) is 62.3 Å². The first-order chi connectivity index (χ1) is 13.2. The predicted octanol–water partition coefficient (Wildman–Crippen LogP) is 5.93. The third-order valence-electron chi connectivity index (χ3n) is 6.91. The summed E-state index contributed by atoms with van der Waals surface area (Å²) in [6.45, 7) is 4.66. The number of rotatable bonds is 4. The first-order valence-corrected chi connectivity index (χ1v) is 11.7. The highest BCUT2D eigenvalue weighted by atomic mass is 32.1. The van der Waals surface area contributed by atoms with E-state index < -0.39 is 0 Å². The molecule has 144 valence electrons. The van der Waals surface area contributed by atoms with Crippen LogP contribution >= 0.6 is 11.3 Å². The average molecular weight is 383 g/mol. The maximum Gasteiger partial charge on any atom is 0.172 e. The van der Waals surface area contributed by atoms with Crippen LogP contribution in [-0.2, 0) is 12.8 Å². The number of hydrogen-bond donors (Lipinski definition) is 0. The van der Waals surface area contributed by atoms with Gasteiger partial charge in [-0.15, -0.1) is 21.5 Å². The number of unbranched alkanes of at least 4 members (excludes halogenated alkanes) is 1. The maximum absolute atomic E-state index is 4.82. The molecule has 0 unspecified atom stereocenters. The van der Waals surface area contributed by atoms with Gasteiger partial charge in [0.25, 0.3) is 0 Å². The van der Waals surface area contributed by atoms with Crippen molar-refractivity contribution in [2.45, 2.75) is 84.0 Å². The Hall–Kier alpha value is -1.49. The predicted molar refractivity (Wildman–Crippen MR) is 112 cm³/mol. The molecule has 0 spiro atoms. The Kier molecular flexibility index (Phi) is 4.66. The standard InChI is InChI=1S/C22H30N4S/c1-3-4-5-15-7-9-16(10-8-15)20-24-25-21-19-17-11-6-14(2)12-18(17)27-22(19)23-13-26(20)21/h13-16H,3-12H2,1-2H3/t14-,15?,16?/m1/s1. The van der Waals surface area contributed by atoms with Crippen LogP contribution in [0.15, 0.2) is 6.33 Å². The average Bonchev–Trinajstić information content (AvgIpc) is 3.27. The molecule has 1 fully saturated rings. The third kappa shape index (κ3) is 3.08. The normalized spacial score (nSPS) is 25.9. The van der Waals surface area contributed by atoms with E-state index in [1.54, 1.807) is 0 Å². The molecule has 3 aromatic rings. The molecule has 1 saturated carbocycles. The lowest BCUT2D eigenvalue weighted by atomic mass is 9.79. The van der Waals surface area contributed by atoms with Crippen LogP contribution in [-0.4, -0.2) is 19.6 Å². The van der Waals surface area contributed by atoms with Crippen molar-refractivity contribution in [3.63, 3.8) is 0 Å². The van der Waals surface area contributed by atoms with E-state index in [1.807, 2.05) is 17.7 Å². The smallest absolute Gasteiger partial charge is 0.172 e. The van der Waals surface area contributed by atoms with Gasteiger partial charge in [0.1, 0.15) is 17.0 Å². The monoisotopic (exact) mass is 382 g/mol. The van der Waals surface area contributed by atoms with Crippen LogP contribution in [0.5, 0.6) is 0 Å². The van der Waals surface area contributed by atoms with Gasteiger partial charge in [-0.2, -0.15) is 0 Å². The summed E-state index contributed by atoms with van der Waals surface area (Å²) < 4.78 is 2.21. The van der Waals surface area contributed by atoms with Gasteiger partial charge >= 0.3 is 0 Å². The van der Waals surface area contributed by atoms with Gasteiger partial charge in [0.15, 0.2) is 5.65 Å². The minimum atomic E-state index is 0.548. The van der Waals surface area contributed by atoms with E-state index >= 15 is 0 Å². The molecule has 0 amide bonds. The second-order valence-corrected chi connectivity index (χ2v) is 9.97. The molecule has 0 N–H and O–H groups in total. The van der Waals surface area contributed by atoms with Gasteiger partial charge < -0.3 is 0 Å². The zero-order valence-electron chi connectivity index (χ0n) is 16.6. The summed E-state index contributed by atoms with van der Waals surface area (Å²) in [6, 6.07) is 0. The Bertz CT molecular complexity index is 948. The van der Waals surface area contributed by atoms with Gasteiger partial charge in [-0.25, -0.2) is 4.98 Å². The van der Waals surface area contributed by atoms with Crippen LogP contribution in [0.2, 0.25) is 0 Å². The summed E-state index contributed by atoms with van der Waals surface area (Å²) in [4.78, 5) is 7.51. The first-order valence-electron chi connectivity index (χ1n) is 10.9. The maximum atomic E-state index is 4.82. The molecule has 2 aliphatic carbocycles. The molecule has 27 heavy (non-hydrogen) atoms. The Morgan fingerprint density at radius 3 is 2.81 bits per heavy atom. The summed E-state index contributed by atoms with van der Waals surface area (Å²) in [7, 11) is 0. The van der Waals surface area contributed by atoms with Crippen molar-refractivity contribution < 1.29 is 0 Å². The van der Waals surface area contributed by atoms with Crippen molar-refractivity contribution in [1.82, 2.24) is 19.6 Å². The Morgan fingerprint density at radius 2 is 2.00 bits per heavy atom. The molecule has 3 aromatic heterocycles. The van der Waals surface area contributed by atoms with Crippen LogP contribution < -0.4 is 0 Å². The molecular weight excluding hydrogens is 352 g/mol. The fraction of sp³-hybridized carbons (Fsp3) is 0.682. The summed E-state index contributed by atoms with van der Waals surface area (Å²) in [5.74, 6) is 3.41. The van der Waals surface area contributed by atoms with Crippen LogP contribution in [0.4, 0.5) is 0 Å². The second-order valence-electron chi connectivity index (χ2n) is 8.89. The molecule has 0 bridgehead atoms. The van der Waals surface area contributed by atoms with Crippen molar-refractivity contribution >= 4 is 27.2 Å². The number of aryl methyl sites for hydroxylation is 1. The van der Waals surface area contributed by atoms with E-state index in [1.165, 1.54) is 80.0 Å². The fourth-order valence-electron chi connectivity index (χ4n) is 5.24. The van der Waals surface area contributed by atoms with Crippen LogP contribution in [0.3, 0.4) is 0 Å². The largest absolute Gasteiger partial charge is 0.268 e. The number of aromatic nitrogens is 4. The van der Waals surface area contributed by atoms with Gasteiger partial charge in [-0.1, -0.05) is 33.1 Å². The minimum absolute atomic E-state index is 0.548. The van der Waals surface area contributed by atoms with E-state index in [-0.39, 0.29) is 0 Å². The molecular formula is C22H30N4S. The number of thiophene rings is 1. The van der Waals surface area contributed by atoms with E-state index in [9.17, 15) is 0 Å². The molecule has 2 aliphatic rings. The molecule has 0 saturated heterocycles. The van der Waals surface area contributed by atoms with E-state index in [2.05, 4.69) is 28.4 Å². The van der Waals surface area contributed by atoms with Crippen LogP contribution in [0.25, 0.3) is 15.9 Å². The van der Waals surface area contributed by atoms with Gasteiger partial charge in [-0.3, -0.25) is 4.40 Å². The highest BCUT2D eigenvalue weighted by Gasteiger charge is 2.28. The Morgan fingerprint density at radius 1 is 1.15 bits per heavy atom. The van der Waals surface area contributed by atoms with Crippen molar-refractivity contribution in [2.75, 3.05) is 0 Å². The number of fused-ring (bicyclic) bond motifs is 5. The molecule has 3 heterocycles. The van der Waals surface area contributed by atoms with Gasteiger partial charge in [0.05, 0.1) is 5.39 Å². The molecule has 1 atom stereocenters. The van der Waals surface area contributed by atoms with Gasteiger partial charge in [0.2, 0.25) is 0 Å². The van der Waals surface area contributed by atoms with Crippen molar-refractivity contribution in [3.8, 4) is 0 Å². The van der Waals surface area contributed by atoms with E-state index in [0.29, 0.717) is 5.92 Å². The van der Waals surface area contributed by atoms with Crippen LogP contribution in [0, 0.1) is 11.8 Å². The highest BCUT2D eigenvalue weighted by Crippen LogP contribution is 2.40. The highest BCUT2D eigenvalue weighted by molar-refractivity contribution is 7.19. The lowest BCUT2D eigenvalue weighted by molar-refractivity contribution is 0.297. The Labute approximate surface area is 165 Å². The van der Waals surface area contributed by atoms with Crippen molar-refractivity contribution in [3.05, 3.63) is 22.6 Å². The van der Waals surface area contributed by atoms with E-state index in [4.69, 9.17) is 4.98 Å². The Balaban J connectivity index is 1.46. The summed E-state index contributed by atoms with van der Waals surface area (Å²) in [6.07, 6.45) is 15.0. The summed E-state index contributed by atoms with van der Waals surface area (Å²) >= 11 is 1.88. The summed E-state index contributed by atoms with van der Waals surface area (Å²) in [5, 5.41) is 10.6. The molecule has 0 radical (unpaired) electrons. The van der Waals surface area contributed by atoms with Gasteiger partial charge in [0, 0.05) is 10.8 Å². The SMILES string of the molecule is CCCCC1CCC(c2nnc3c4c5c(sc4ncn23)C[C@H](C)CC5)CC1. The minimum Gasteiger partial charge on any atom is -0.268 e. The van der Waals surface area contributed by atoms with Crippen molar-refractivity contribution in [2.24, 2.45) is 11.8 Å². The van der Waals surface area contributed by atoms with Crippen LogP contribution in [0.1, 0.15) is 87.4 Å². The zero-order valence-corrected chi connectivity index (χ0v) is 17.4. The number of hydrogen-bond acceptors (Lipinski definition) is 4. The van der Waals surface area contributed by atoms with Crippen molar-refractivity contribution in [1.29, 1.82) is 0 Å². The topological polar surface area (TPSA) is 43.1 Å². The second kappa shape index (κ2) is 7.16.